The summed E-state index contributed by atoms with van der Waals surface area (Å²) in [5.74, 6) is 0.856. The number of rotatable bonds is 4. The maximum Gasteiger partial charge on any atom is 0.254 e. The number of carbonyl (C=O) groups is 1. The molecule has 1 aromatic heterocycles. The number of amides is 1. The number of nitrogens with two attached hydrogens (primary N) is 1. The van der Waals surface area contributed by atoms with E-state index in [9.17, 15) is 4.79 Å². The van der Waals surface area contributed by atoms with Gasteiger partial charge in [0.15, 0.2) is 0 Å². The van der Waals surface area contributed by atoms with E-state index >= 15 is 0 Å². The highest BCUT2D eigenvalue weighted by molar-refractivity contribution is 5.93. The van der Waals surface area contributed by atoms with Crippen molar-refractivity contribution >= 4 is 18.3 Å². The molecular weight excluding hydrogens is 304 g/mol. The van der Waals surface area contributed by atoms with Crippen LogP contribution in [0.25, 0.3) is 0 Å². The first kappa shape index (κ1) is 19.0. The molecule has 5 nitrogen and oxygen atoms in total. The zero-order valence-electron chi connectivity index (χ0n) is 13.6. The fraction of sp³-hybridized carbons (Fsp3) is 0.688. The maximum atomic E-state index is 12.1. The minimum absolute atomic E-state index is 0. The number of halogens is 1. The van der Waals surface area contributed by atoms with E-state index in [-0.39, 0.29) is 29.8 Å². The van der Waals surface area contributed by atoms with Crippen LogP contribution < -0.4 is 11.1 Å². The van der Waals surface area contributed by atoms with Crippen LogP contribution in [0.15, 0.2) is 16.7 Å². The molecule has 2 unspecified atom stereocenters. The van der Waals surface area contributed by atoms with Crippen LogP contribution >= 0.6 is 12.4 Å². The summed E-state index contributed by atoms with van der Waals surface area (Å²) in [5, 5.41) is 2.99. The molecule has 1 fully saturated rings. The summed E-state index contributed by atoms with van der Waals surface area (Å²) < 4.78 is 11.1. The van der Waals surface area contributed by atoms with Crippen molar-refractivity contribution in [3.05, 3.63) is 23.7 Å². The standard InChI is InChI=1S/C16H26N2O3.ClH/c1-16(2,3)14-11(5-4-6-20-14)9-18-15(19)12-7-13(8-17)21-10-12;/h7,10-11,14H,4-6,8-9,17H2,1-3H3,(H,18,19);1H. The average molecular weight is 331 g/mol. The molecule has 0 bridgehead atoms. The highest BCUT2D eigenvalue weighted by atomic mass is 35.5. The summed E-state index contributed by atoms with van der Waals surface area (Å²) in [6.07, 6.45) is 3.77. The Labute approximate surface area is 138 Å². The van der Waals surface area contributed by atoms with Gasteiger partial charge in [0.25, 0.3) is 5.91 Å². The average Bonchev–Trinajstić information content (AvgIpc) is 2.93. The Balaban J connectivity index is 0.00000242. The van der Waals surface area contributed by atoms with Gasteiger partial charge in [-0.1, -0.05) is 20.8 Å². The van der Waals surface area contributed by atoms with Crippen LogP contribution in [-0.4, -0.2) is 25.2 Å². The third-order valence-corrected chi connectivity index (χ3v) is 3.94. The van der Waals surface area contributed by atoms with Gasteiger partial charge in [0.1, 0.15) is 12.0 Å². The first-order chi connectivity index (χ1) is 9.91. The Kier molecular flexibility index (Phi) is 6.91. The summed E-state index contributed by atoms with van der Waals surface area (Å²) in [4.78, 5) is 12.1. The third-order valence-electron chi connectivity index (χ3n) is 3.94. The lowest BCUT2D eigenvalue weighted by Crippen LogP contribution is -2.45. The van der Waals surface area contributed by atoms with Crippen molar-refractivity contribution in [3.8, 4) is 0 Å². The van der Waals surface area contributed by atoms with E-state index < -0.39 is 0 Å². The molecule has 126 valence electrons. The minimum Gasteiger partial charge on any atom is -0.467 e. The molecule has 0 spiro atoms. The molecule has 1 aliphatic heterocycles. The molecule has 0 aliphatic carbocycles. The minimum atomic E-state index is -0.114. The first-order valence-electron chi connectivity index (χ1n) is 7.59. The summed E-state index contributed by atoms with van der Waals surface area (Å²) in [7, 11) is 0. The molecule has 2 atom stereocenters. The van der Waals surface area contributed by atoms with Crippen molar-refractivity contribution in [2.45, 2.75) is 46.3 Å². The predicted octanol–water partition coefficient (Wildman–Crippen LogP) is 2.73. The van der Waals surface area contributed by atoms with E-state index in [1.807, 2.05) is 0 Å². The monoisotopic (exact) mass is 330 g/mol. The fourth-order valence-corrected chi connectivity index (χ4v) is 2.94. The van der Waals surface area contributed by atoms with E-state index in [0.717, 1.165) is 19.4 Å². The van der Waals surface area contributed by atoms with Crippen LogP contribution in [0.2, 0.25) is 0 Å². The molecule has 1 aliphatic rings. The second kappa shape index (κ2) is 7.99. The molecule has 1 saturated heterocycles. The van der Waals surface area contributed by atoms with E-state index in [2.05, 4.69) is 26.1 Å². The number of nitrogens with one attached hydrogen (secondary N) is 1. The van der Waals surface area contributed by atoms with Gasteiger partial charge in [0.2, 0.25) is 0 Å². The predicted molar refractivity (Wildman–Crippen MR) is 88.1 cm³/mol. The van der Waals surface area contributed by atoms with Gasteiger partial charge in [-0.25, -0.2) is 0 Å². The SMILES string of the molecule is CC(C)(C)C1OCCCC1CNC(=O)c1coc(CN)c1.Cl. The van der Waals surface area contributed by atoms with Crippen molar-refractivity contribution in [3.63, 3.8) is 0 Å². The number of furan rings is 1. The van der Waals surface area contributed by atoms with Crippen molar-refractivity contribution in [1.29, 1.82) is 0 Å². The number of carbonyl (C=O) groups excluding carboxylic acids is 1. The van der Waals surface area contributed by atoms with Gasteiger partial charge in [-0.05, 0) is 24.3 Å². The van der Waals surface area contributed by atoms with Crippen molar-refractivity contribution in [2.75, 3.05) is 13.2 Å². The Hall–Kier alpha value is -1.04. The summed E-state index contributed by atoms with van der Waals surface area (Å²) in [6, 6.07) is 1.69. The van der Waals surface area contributed by atoms with Gasteiger partial charge >= 0.3 is 0 Å². The summed E-state index contributed by atoms with van der Waals surface area (Å²) >= 11 is 0. The topological polar surface area (TPSA) is 77.5 Å². The summed E-state index contributed by atoms with van der Waals surface area (Å²) in [5.41, 5.74) is 6.09. The molecular formula is C16H27ClN2O3. The Morgan fingerprint density at radius 1 is 1.45 bits per heavy atom. The number of hydrogen-bond donors (Lipinski definition) is 2. The van der Waals surface area contributed by atoms with Crippen LogP contribution in [0, 0.1) is 11.3 Å². The van der Waals surface area contributed by atoms with Gasteiger partial charge in [-0.15, -0.1) is 12.4 Å². The van der Waals surface area contributed by atoms with Gasteiger partial charge in [-0.2, -0.15) is 0 Å². The van der Waals surface area contributed by atoms with Gasteiger partial charge in [0.05, 0.1) is 18.2 Å². The van der Waals surface area contributed by atoms with Crippen LogP contribution in [0.5, 0.6) is 0 Å². The lowest BCUT2D eigenvalue weighted by atomic mass is 9.78. The normalized spacial score (nSPS) is 22.0. The van der Waals surface area contributed by atoms with E-state index in [4.69, 9.17) is 14.9 Å². The van der Waals surface area contributed by atoms with Crippen LogP contribution in [0.3, 0.4) is 0 Å². The Morgan fingerprint density at radius 2 is 2.18 bits per heavy atom. The lowest BCUT2D eigenvalue weighted by molar-refractivity contribution is -0.0839. The van der Waals surface area contributed by atoms with Gasteiger partial charge in [-0.3, -0.25) is 4.79 Å². The summed E-state index contributed by atoms with van der Waals surface area (Å²) in [6.45, 7) is 8.29. The van der Waals surface area contributed by atoms with E-state index in [1.165, 1.54) is 6.26 Å². The molecule has 3 N–H and O–H groups in total. The molecule has 22 heavy (non-hydrogen) atoms. The second-order valence-electron chi connectivity index (χ2n) is 6.78. The smallest absolute Gasteiger partial charge is 0.254 e. The van der Waals surface area contributed by atoms with E-state index in [0.29, 0.717) is 30.3 Å². The quantitative estimate of drug-likeness (QED) is 0.889. The molecule has 6 heteroatoms. The van der Waals surface area contributed by atoms with Crippen molar-refractivity contribution in [2.24, 2.45) is 17.1 Å². The highest BCUT2D eigenvalue weighted by Gasteiger charge is 2.35. The second-order valence-corrected chi connectivity index (χ2v) is 6.78. The first-order valence-corrected chi connectivity index (χ1v) is 7.59. The molecule has 1 aromatic rings. The van der Waals surface area contributed by atoms with Crippen molar-refractivity contribution in [1.82, 2.24) is 5.32 Å². The van der Waals surface area contributed by atoms with Gasteiger partial charge < -0.3 is 20.2 Å². The molecule has 2 heterocycles. The molecule has 1 amide bonds. The molecule has 0 aromatic carbocycles. The molecule has 0 saturated carbocycles. The van der Waals surface area contributed by atoms with E-state index in [1.54, 1.807) is 6.07 Å². The number of hydrogen-bond acceptors (Lipinski definition) is 4. The Bertz CT molecular complexity index is 482. The molecule has 0 radical (unpaired) electrons. The number of ether oxygens (including phenoxy) is 1. The van der Waals surface area contributed by atoms with Crippen LogP contribution in [0.4, 0.5) is 0 Å². The zero-order valence-corrected chi connectivity index (χ0v) is 14.4. The third kappa shape index (κ3) is 4.73. The zero-order chi connectivity index (χ0) is 15.5. The fourth-order valence-electron chi connectivity index (χ4n) is 2.94. The molecule has 2 rings (SSSR count). The lowest BCUT2D eigenvalue weighted by Gasteiger charge is -2.40. The van der Waals surface area contributed by atoms with Crippen LogP contribution in [0.1, 0.15) is 49.7 Å². The van der Waals surface area contributed by atoms with Gasteiger partial charge in [0, 0.05) is 19.1 Å². The van der Waals surface area contributed by atoms with Crippen molar-refractivity contribution < 1.29 is 13.9 Å². The van der Waals surface area contributed by atoms with Crippen LogP contribution in [-0.2, 0) is 11.3 Å². The Morgan fingerprint density at radius 3 is 2.77 bits per heavy atom. The largest absolute Gasteiger partial charge is 0.467 e. The maximum absolute atomic E-state index is 12.1. The highest BCUT2D eigenvalue weighted by Crippen LogP contribution is 2.33.